The molecule has 4 heteroatoms. The van der Waals surface area contributed by atoms with Crippen LogP contribution in [0.2, 0.25) is 0 Å². The predicted octanol–water partition coefficient (Wildman–Crippen LogP) is 3.87. The summed E-state index contributed by atoms with van der Waals surface area (Å²) < 4.78 is 33.3. The highest BCUT2D eigenvalue weighted by Gasteiger charge is 2.18. The Kier molecular flexibility index (Phi) is 3.96. The van der Waals surface area contributed by atoms with E-state index in [-0.39, 0.29) is 4.90 Å². The fourth-order valence-corrected chi connectivity index (χ4v) is 3.68. The number of benzene rings is 3. The van der Waals surface area contributed by atoms with Gasteiger partial charge in [0.25, 0.3) is 10.1 Å². The molecule has 3 aromatic rings. The van der Waals surface area contributed by atoms with E-state index in [1.807, 2.05) is 48.5 Å². The Labute approximate surface area is 130 Å². The lowest BCUT2D eigenvalue weighted by molar-refractivity contribution is 0.483. The average molecular weight is 312 g/mol. The van der Waals surface area contributed by atoms with E-state index in [9.17, 15) is 13.0 Å². The molecule has 22 heavy (non-hydrogen) atoms. The van der Waals surface area contributed by atoms with Gasteiger partial charge in [-0.2, -0.15) is 8.42 Å². The fraction of sp³-hybridized carbons (Fsp3) is 0.111. The van der Waals surface area contributed by atoms with Gasteiger partial charge in [0.1, 0.15) is 4.90 Å². The van der Waals surface area contributed by atoms with Gasteiger partial charge < -0.3 is 0 Å². The normalized spacial score (nSPS) is 11.7. The van der Waals surface area contributed by atoms with E-state index in [1.54, 1.807) is 18.2 Å². The van der Waals surface area contributed by atoms with Gasteiger partial charge in [-0.15, -0.1) is 0 Å². The molecule has 0 aromatic heterocycles. The van der Waals surface area contributed by atoms with Crippen molar-refractivity contribution in [3.8, 4) is 0 Å². The number of hydrogen-bond donors (Lipinski definition) is 1. The van der Waals surface area contributed by atoms with Crippen LogP contribution in [0.5, 0.6) is 0 Å². The molecule has 0 unspecified atom stereocenters. The molecular formula is C18H16O3S. The zero-order valence-corrected chi connectivity index (χ0v) is 12.8. The molecule has 0 saturated carbocycles. The molecule has 0 amide bonds. The third-order valence-corrected chi connectivity index (χ3v) is 4.74. The lowest BCUT2D eigenvalue weighted by Crippen LogP contribution is -2.05. The molecule has 0 saturated heterocycles. The Hall–Kier alpha value is -2.17. The first-order valence-corrected chi connectivity index (χ1v) is 8.52. The van der Waals surface area contributed by atoms with Crippen molar-refractivity contribution in [1.82, 2.24) is 0 Å². The van der Waals surface area contributed by atoms with Crippen molar-refractivity contribution >= 4 is 20.9 Å². The maximum absolute atomic E-state index is 11.8. The third-order valence-electron chi connectivity index (χ3n) is 3.74. The molecule has 0 aliphatic heterocycles. The quantitative estimate of drug-likeness (QED) is 0.744. The second-order valence-electron chi connectivity index (χ2n) is 5.24. The fourth-order valence-electron chi connectivity index (χ4n) is 2.71. The van der Waals surface area contributed by atoms with Gasteiger partial charge in [0.05, 0.1) is 0 Å². The minimum Gasteiger partial charge on any atom is -0.282 e. The second-order valence-corrected chi connectivity index (χ2v) is 6.59. The molecule has 3 rings (SSSR count). The summed E-state index contributed by atoms with van der Waals surface area (Å²) in [6.07, 6.45) is 1.28. The number of hydrogen-bond acceptors (Lipinski definition) is 2. The molecule has 0 fully saturated rings. The van der Waals surface area contributed by atoms with Gasteiger partial charge in [-0.25, -0.2) is 0 Å². The van der Waals surface area contributed by atoms with Gasteiger partial charge in [0, 0.05) is 5.39 Å². The van der Waals surface area contributed by atoms with Crippen molar-refractivity contribution in [2.45, 2.75) is 17.7 Å². The highest BCUT2D eigenvalue weighted by atomic mass is 32.2. The summed E-state index contributed by atoms with van der Waals surface area (Å²) in [7, 11) is -4.26. The first kappa shape index (κ1) is 14.8. The van der Waals surface area contributed by atoms with E-state index in [1.165, 1.54) is 0 Å². The zero-order valence-electron chi connectivity index (χ0n) is 11.9. The average Bonchev–Trinajstić information content (AvgIpc) is 2.52. The van der Waals surface area contributed by atoms with Gasteiger partial charge in [-0.1, -0.05) is 66.7 Å². The lowest BCUT2D eigenvalue weighted by Gasteiger charge is -2.11. The first-order chi connectivity index (χ1) is 10.6. The van der Waals surface area contributed by atoms with Crippen LogP contribution in [0, 0.1) is 0 Å². The Morgan fingerprint density at radius 3 is 2.18 bits per heavy atom. The van der Waals surface area contributed by atoms with E-state index in [0.29, 0.717) is 17.4 Å². The topological polar surface area (TPSA) is 54.4 Å². The maximum atomic E-state index is 11.8. The number of aryl methyl sites for hydroxylation is 2. The van der Waals surface area contributed by atoms with Crippen molar-refractivity contribution in [3.63, 3.8) is 0 Å². The van der Waals surface area contributed by atoms with Crippen LogP contribution in [0.15, 0.2) is 71.6 Å². The summed E-state index contributed by atoms with van der Waals surface area (Å²) in [6, 6.07) is 20.7. The standard InChI is InChI=1S/C18H16O3S/c19-22(20,21)18-16(11-10-14-6-2-1-3-7-14)13-12-15-8-4-5-9-17(15)18/h1-9,12-13H,10-11H2,(H,19,20,21). The Bertz CT molecular complexity index is 900. The van der Waals surface area contributed by atoms with Crippen molar-refractivity contribution in [3.05, 3.63) is 77.9 Å². The van der Waals surface area contributed by atoms with Crippen LogP contribution in [-0.2, 0) is 23.0 Å². The van der Waals surface area contributed by atoms with Crippen LogP contribution in [0.4, 0.5) is 0 Å². The third kappa shape index (κ3) is 3.03. The summed E-state index contributed by atoms with van der Waals surface area (Å²) in [5.41, 5.74) is 1.78. The van der Waals surface area contributed by atoms with Crippen LogP contribution < -0.4 is 0 Å². The monoisotopic (exact) mass is 312 g/mol. The van der Waals surface area contributed by atoms with Crippen LogP contribution in [0.1, 0.15) is 11.1 Å². The van der Waals surface area contributed by atoms with Gasteiger partial charge in [-0.05, 0) is 29.4 Å². The zero-order chi connectivity index (χ0) is 15.6. The number of fused-ring (bicyclic) bond motifs is 1. The van der Waals surface area contributed by atoms with Crippen LogP contribution in [0.3, 0.4) is 0 Å². The van der Waals surface area contributed by atoms with E-state index in [4.69, 9.17) is 0 Å². The van der Waals surface area contributed by atoms with Crippen LogP contribution in [-0.4, -0.2) is 13.0 Å². The molecule has 1 N–H and O–H groups in total. The van der Waals surface area contributed by atoms with Crippen molar-refractivity contribution in [2.75, 3.05) is 0 Å². The van der Waals surface area contributed by atoms with Crippen LogP contribution in [0.25, 0.3) is 10.8 Å². The summed E-state index contributed by atoms with van der Waals surface area (Å²) in [4.78, 5) is 0.0292. The maximum Gasteiger partial charge on any atom is 0.295 e. The van der Waals surface area contributed by atoms with Crippen molar-refractivity contribution in [1.29, 1.82) is 0 Å². The van der Waals surface area contributed by atoms with Crippen molar-refractivity contribution in [2.24, 2.45) is 0 Å². The Morgan fingerprint density at radius 1 is 0.773 bits per heavy atom. The molecule has 0 spiro atoms. The molecule has 0 radical (unpaired) electrons. The Morgan fingerprint density at radius 2 is 1.45 bits per heavy atom. The van der Waals surface area contributed by atoms with E-state index >= 15 is 0 Å². The number of rotatable bonds is 4. The molecule has 3 aromatic carbocycles. The summed E-state index contributed by atoms with van der Waals surface area (Å²) >= 11 is 0. The summed E-state index contributed by atoms with van der Waals surface area (Å²) in [5.74, 6) is 0. The highest BCUT2D eigenvalue weighted by Crippen LogP contribution is 2.27. The first-order valence-electron chi connectivity index (χ1n) is 7.08. The molecule has 0 aliphatic carbocycles. The van der Waals surface area contributed by atoms with E-state index in [0.717, 1.165) is 17.4 Å². The molecule has 0 aliphatic rings. The minimum atomic E-state index is -4.26. The lowest BCUT2D eigenvalue weighted by atomic mass is 10.0. The molecule has 3 nitrogen and oxygen atoms in total. The van der Waals surface area contributed by atoms with Crippen molar-refractivity contribution < 1.29 is 13.0 Å². The largest absolute Gasteiger partial charge is 0.295 e. The summed E-state index contributed by atoms with van der Waals surface area (Å²) in [6.45, 7) is 0. The van der Waals surface area contributed by atoms with Gasteiger partial charge >= 0.3 is 0 Å². The van der Waals surface area contributed by atoms with Gasteiger partial charge in [-0.3, -0.25) is 4.55 Å². The molecular weight excluding hydrogens is 296 g/mol. The van der Waals surface area contributed by atoms with E-state index in [2.05, 4.69) is 0 Å². The van der Waals surface area contributed by atoms with Gasteiger partial charge in [0.15, 0.2) is 0 Å². The predicted molar refractivity (Wildman–Crippen MR) is 87.6 cm³/mol. The SMILES string of the molecule is O=S(=O)(O)c1c(CCc2ccccc2)ccc2ccccc12. The highest BCUT2D eigenvalue weighted by molar-refractivity contribution is 7.86. The molecule has 0 bridgehead atoms. The summed E-state index contributed by atoms with van der Waals surface area (Å²) in [5, 5.41) is 1.37. The Balaban J connectivity index is 2.06. The molecule has 112 valence electrons. The van der Waals surface area contributed by atoms with E-state index < -0.39 is 10.1 Å². The van der Waals surface area contributed by atoms with Crippen LogP contribution >= 0.6 is 0 Å². The second kappa shape index (κ2) is 5.91. The van der Waals surface area contributed by atoms with Gasteiger partial charge in [0.2, 0.25) is 0 Å². The molecule has 0 atom stereocenters. The minimum absolute atomic E-state index is 0.0292. The smallest absolute Gasteiger partial charge is 0.282 e. The molecule has 0 heterocycles.